The summed E-state index contributed by atoms with van der Waals surface area (Å²) in [4.78, 5) is 14.7. The van der Waals surface area contributed by atoms with Gasteiger partial charge >= 0.3 is 0 Å². The van der Waals surface area contributed by atoms with E-state index in [1.54, 1.807) is 6.07 Å². The summed E-state index contributed by atoms with van der Waals surface area (Å²) in [5.74, 6) is -0.0834. The highest BCUT2D eigenvalue weighted by atomic mass is 32.2. The first-order chi connectivity index (χ1) is 13.8. The number of rotatable bonds is 6. The lowest BCUT2D eigenvalue weighted by Gasteiger charge is -2.33. The van der Waals surface area contributed by atoms with E-state index in [1.807, 2.05) is 55.1 Å². The number of hydrogen-bond acceptors (Lipinski definition) is 4. The molecule has 29 heavy (non-hydrogen) atoms. The molecule has 0 spiro atoms. The summed E-state index contributed by atoms with van der Waals surface area (Å²) in [6.07, 6.45) is 0.962. The van der Waals surface area contributed by atoms with Gasteiger partial charge in [-0.3, -0.25) is 9.69 Å². The van der Waals surface area contributed by atoms with Gasteiger partial charge in [-0.05, 0) is 49.6 Å². The minimum atomic E-state index is -3.51. The summed E-state index contributed by atoms with van der Waals surface area (Å²) in [7, 11) is -3.51. The molecule has 1 N–H and O–H groups in total. The highest BCUT2D eigenvalue weighted by Gasteiger charge is 2.30. The second-order valence-corrected chi connectivity index (χ2v) is 9.45. The monoisotopic (exact) mass is 415 g/mol. The van der Waals surface area contributed by atoms with Crippen molar-refractivity contribution >= 4 is 21.6 Å². The van der Waals surface area contributed by atoms with Crippen LogP contribution in [0.3, 0.4) is 0 Å². The van der Waals surface area contributed by atoms with Gasteiger partial charge in [0.15, 0.2) is 0 Å². The Labute approximate surface area is 173 Å². The number of aryl methyl sites for hydroxylation is 3. The Morgan fingerprint density at radius 3 is 2.24 bits per heavy atom. The summed E-state index contributed by atoms with van der Waals surface area (Å²) in [5, 5.41) is 2.91. The topological polar surface area (TPSA) is 69.7 Å². The van der Waals surface area contributed by atoms with E-state index in [-0.39, 0.29) is 12.5 Å². The minimum Gasteiger partial charge on any atom is -0.325 e. The van der Waals surface area contributed by atoms with E-state index in [1.165, 1.54) is 9.87 Å². The van der Waals surface area contributed by atoms with Crippen molar-refractivity contribution in [3.05, 3.63) is 59.2 Å². The van der Waals surface area contributed by atoms with Crippen molar-refractivity contribution in [2.45, 2.75) is 32.1 Å². The molecule has 0 aromatic heterocycles. The maximum Gasteiger partial charge on any atom is 0.243 e. The lowest BCUT2D eigenvalue weighted by molar-refractivity contribution is -0.117. The Hall–Kier alpha value is -2.22. The maximum atomic E-state index is 13.0. The number of nitrogens with one attached hydrogen (secondary N) is 1. The average molecular weight is 416 g/mol. The molecule has 1 fully saturated rings. The Morgan fingerprint density at radius 1 is 1.00 bits per heavy atom. The molecule has 1 amide bonds. The molecule has 0 saturated carbocycles. The van der Waals surface area contributed by atoms with Crippen LogP contribution in [0, 0.1) is 13.8 Å². The quantitative estimate of drug-likeness (QED) is 0.788. The maximum absolute atomic E-state index is 13.0. The Bertz CT molecular complexity index is 963. The van der Waals surface area contributed by atoms with E-state index in [0.717, 1.165) is 23.2 Å². The van der Waals surface area contributed by atoms with Crippen molar-refractivity contribution in [3.63, 3.8) is 0 Å². The van der Waals surface area contributed by atoms with E-state index in [4.69, 9.17) is 0 Å². The summed E-state index contributed by atoms with van der Waals surface area (Å²) < 4.78 is 27.5. The zero-order chi connectivity index (χ0) is 21.0. The summed E-state index contributed by atoms with van der Waals surface area (Å²) in [5.41, 5.74) is 3.81. The molecular formula is C22H29N3O3S. The number of piperazine rings is 1. The SMILES string of the molecule is CCc1ccc(NC(=O)CN2CCN(S(=O)(=O)c3ccc(C)cc3C)CC2)cc1. The third-order valence-electron chi connectivity index (χ3n) is 5.29. The molecule has 0 bridgehead atoms. The van der Waals surface area contributed by atoms with E-state index in [2.05, 4.69) is 12.2 Å². The first-order valence-corrected chi connectivity index (χ1v) is 11.4. The fourth-order valence-electron chi connectivity index (χ4n) is 3.58. The van der Waals surface area contributed by atoms with Crippen LogP contribution in [0.2, 0.25) is 0 Å². The van der Waals surface area contributed by atoms with Crippen LogP contribution in [-0.4, -0.2) is 56.3 Å². The molecule has 2 aromatic carbocycles. The van der Waals surface area contributed by atoms with Crippen molar-refractivity contribution in [2.75, 3.05) is 38.0 Å². The number of anilines is 1. The average Bonchev–Trinajstić information content (AvgIpc) is 2.68. The van der Waals surface area contributed by atoms with Crippen LogP contribution in [0.5, 0.6) is 0 Å². The van der Waals surface area contributed by atoms with Crippen LogP contribution in [0.1, 0.15) is 23.6 Å². The van der Waals surface area contributed by atoms with Gasteiger partial charge < -0.3 is 5.32 Å². The first-order valence-electron chi connectivity index (χ1n) is 9.98. The Balaban J connectivity index is 1.55. The molecular weight excluding hydrogens is 386 g/mol. The van der Waals surface area contributed by atoms with Crippen molar-refractivity contribution in [3.8, 4) is 0 Å². The molecule has 156 valence electrons. The van der Waals surface area contributed by atoms with Gasteiger partial charge in [-0.15, -0.1) is 0 Å². The predicted octanol–water partition coefficient (Wildman–Crippen LogP) is 2.81. The summed E-state index contributed by atoms with van der Waals surface area (Å²) >= 11 is 0. The number of sulfonamides is 1. The van der Waals surface area contributed by atoms with Crippen LogP contribution in [0.4, 0.5) is 5.69 Å². The molecule has 6 nitrogen and oxygen atoms in total. The van der Waals surface area contributed by atoms with E-state index >= 15 is 0 Å². The van der Waals surface area contributed by atoms with Gasteiger partial charge in [-0.1, -0.05) is 36.8 Å². The van der Waals surface area contributed by atoms with E-state index < -0.39 is 10.0 Å². The summed E-state index contributed by atoms with van der Waals surface area (Å²) in [6.45, 7) is 7.96. The standard InChI is InChI=1S/C22H29N3O3S/c1-4-19-6-8-20(9-7-19)23-22(26)16-24-11-13-25(14-12-24)29(27,28)21-10-5-17(2)15-18(21)3/h5-10,15H,4,11-14,16H2,1-3H3,(H,23,26). The number of amides is 1. The Morgan fingerprint density at radius 2 is 1.66 bits per heavy atom. The number of benzene rings is 2. The fourth-order valence-corrected chi connectivity index (χ4v) is 5.21. The second kappa shape index (κ2) is 9.07. The highest BCUT2D eigenvalue weighted by Crippen LogP contribution is 2.22. The third kappa shape index (κ3) is 5.23. The van der Waals surface area contributed by atoms with Gasteiger partial charge in [0, 0.05) is 31.9 Å². The van der Waals surface area contributed by atoms with Crippen LogP contribution in [0.15, 0.2) is 47.4 Å². The van der Waals surface area contributed by atoms with Gasteiger partial charge in [0.25, 0.3) is 0 Å². The molecule has 1 aliphatic rings. The van der Waals surface area contributed by atoms with Crippen molar-refractivity contribution in [1.82, 2.24) is 9.21 Å². The number of hydrogen-bond donors (Lipinski definition) is 1. The molecule has 1 saturated heterocycles. The fraction of sp³-hybridized carbons (Fsp3) is 0.409. The van der Waals surface area contributed by atoms with Gasteiger partial charge in [0.2, 0.25) is 15.9 Å². The molecule has 1 heterocycles. The molecule has 2 aromatic rings. The van der Waals surface area contributed by atoms with E-state index in [0.29, 0.717) is 31.1 Å². The van der Waals surface area contributed by atoms with E-state index in [9.17, 15) is 13.2 Å². The number of nitrogens with zero attached hydrogens (tertiary/aromatic N) is 2. The normalized spacial score (nSPS) is 16.0. The summed E-state index contributed by atoms with van der Waals surface area (Å²) in [6, 6.07) is 13.2. The molecule has 0 aliphatic carbocycles. The molecule has 0 radical (unpaired) electrons. The lowest BCUT2D eigenvalue weighted by Crippen LogP contribution is -2.50. The molecule has 7 heteroatoms. The molecule has 1 aliphatic heterocycles. The van der Waals surface area contributed by atoms with Crippen LogP contribution in [-0.2, 0) is 21.2 Å². The smallest absolute Gasteiger partial charge is 0.243 e. The van der Waals surface area contributed by atoms with Crippen LogP contribution < -0.4 is 5.32 Å². The van der Waals surface area contributed by atoms with Crippen molar-refractivity contribution in [1.29, 1.82) is 0 Å². The molecule has 0 atom stereocenters. The first kappa shape index (κ1) is 21.5. The van der Waals surface area contributed by atoms with Crippen LogP contribution >= 0.6 is 0 Å². The van der Waals surface area contributed by atoms with Gasteiger partial charge in [-0.25, -0.2) is 8.42 Å². The molecule has 3 rings (SSSR count). The van der Waals surface area contributed by atoms with Gasteiger partial charge in [0.05, 0.1) is 11.4 Å². The zero-order valence-corrected chi connectivity index (χ0v) is 18.1. The number of carbonyl (C=O) groups is 1. The van der Waals surface area contributed by atoms with Gasteiger partial charge in [0.1, 0.15) is 0 Å². The largest absolute Gasteiger partial charge is 0.325 e. The predicted molar refractivity (Wildman–Crippen MR) is 116 cm³/mol. The Kier molecular flexibility index (Phi) is 6.72. The van der Waals surface area contributed by atoms with Crippen molar-refractivity contribution in [2.24, 2.45) is 0 Å². The minimum absolute atomic E-state index is 0.0834. The third-order valence-corrected chi connectivity index (χ3v) is 7.35. The second-order valence-electron chi connectivity index (χ2n) is 7.55. The number of carbonyl (C=O) groups excluding carboxylic acids is 1. The molecule has 0 unspecified atom stereocenters. The zero-order valence-electron chi connectivity index (χ0n) is 17.3. The van der Waals surface area contributed by atoms with Gasteiger partial charge in [-0.2, -0.15) is 4.31 Å². The highest BCUT2D eigenvalue weighted by molar-refractivity contribution is 7.89. The van der Waals surface area contributed by atoms with Crippen molar-refractivity contribution < 1.29 is 13.2 Å². The van der Waals surface area contributed by atoms with Crippen LogP contribution in [0.25, 0.3) is 0 Å². The lowest BCUT2D eigenvalue weighted by atomic mass is 10.1.